The lowest BCUT2D eigenvalue weighted by molar-refractivity contribution is 0.117. The Morgan fingerprint density at radius 1 is 0.788 bits per heavy atom. The first-order chi connectivity index (χ1) is 16.3. The van der Waals surface area contributed by atoms with E-state index in [0.29, 0.717) is 6.10 Å². The first-order valence-corrected chi connectivity index (χ1v) is 18.8. The fourth-order valence-electron chi connectivity index (χ4n) is 3.39. The molecule has 0 radical (unpaired) electrons. The monoisotopic (exact) mass is 524 g/mol. The summed E-state index contributed by atoms with van der Waals surface area (Å²) in [6, 6.07) is 7.47. The molecule has 4 rings (SSSR count). The van der Waals surface area contributed by atoms with Crippen LogP contribution in [0.25, 0.3) is 0 Å². The predicted octanol–water partition coefficient (Wildman–Crippen LogP) is 6.44. The highest BCUT2D eigenvalue weighted by Gasteiger charge is 2.35. The van der Waals surface area contributed by atoms with Crippen LogP contribution in [0.15, 0.2) is 69.0 Å². The molecule has 9 heteroatoms. The number of epoxide rings is 1. The predicted molar refractivity (Wildman–Crippen MR) is 140 cm³/mol. The second-order valence-corrected chi connectivity index (χ2v) is 23.2. The molecule has 0 aromatic carbocycles. The number of hydrogen-bond acceptors (Lipinski definition) is 8. The lowest BCUT2D eigenvalue weighted by Gasteiger charge is -2.30. The number of ether oxygens (including phenoxy) is 2. The minimum atomic E-state index is -1.71. The number of aryl methyl sites for hydroxylation is 3. The van der Waals surface area contributed by atoms with Gasteiger partial charge in [-0.3, -0.25) is 0 Å². The van der Waals surface area contributed by atoms with Gasteiger partial charge in [0.15, 0.2) is 0 Å². The van der Waals surface area contributed by atoms with Crippen molar-refractivity contribution in [3.05, 3.63) is 72.5 Å². The summed E-state index contributed by atoms with van der Waals surface area (Å²) >= 11 is 6.64. The van der Waals surface area contributed by atoms with Crippen LogP contribution in [0.2, 0.25) is 6.04 Å². The largest absolute Gasteiger partial charge is 0.472 e. The second kappa shape index (κ2) is 13.8. The van der Waals surface area contributed by atoms with Gasteiger partial charge < -0.3 is 22.7 Å². The van der Waals surface area contributed by atoms with Gasteiger partial charge in [-0.05, 0) is 83.9 Å². The van der Waals surface area contributed by atoms with E-state index in [1.54, 1.807) is 18.8 Å². The summed E-state index contributed by atoms with van der Waals surface area (Å²) in [5.41, 5.74) is 2.14. The first-order valence-electron chi connectivity index (χ1n) is 11.5. The Morgan fingerprint density at radius 3 is 1.67 bits per heavy atom. The highest BCUT2D eigenvalue weighted by Crippen LogP contribution is 2.46. The van der Waals surface area contributed by atoms with Crippen molar-refractivity contribution in [1.29, 1.82) is 0 Å². The van der Waals surface area contributed by atoms with Crippen LogP contribution in [-0.2, 0) is 28.7 Å². The van der Waals surface area contributed by atoms with Crippen LogP contribution in [0.4, 0.5) is 0 Å². The first kappa shape index (κ1) is 25.1. The quantitative estimate of drug-likeness (QED) is 0.107. The molecule has 180 valence electrons. The molecule has 3 aromatic rings. The SMILES string of the molecule is c1cc(CCS[Si](CCCOCC2CO2)(SCCc2ccoc2)SCCc2ccoc2)co1. The number of furan rings is 3. The Balaban J connectivity index is 1.34. The molecule has 0 N–H and O–H groups in total. The highest BCUT2D eigenvalue weighted by atomic mass is 32.8. The molecule has 4 heterocycles. The molecule has 0 saturated carbocycles. The van der Waals surface area contributed by atoms with Crippen molar-refractivity contribution in [2.75, 3.05) is 37.1 Å². The Kier molecular flexibility index (Phi) is 10.5. The lowest BCUT2D eigenvalue weighted by Crippen LogP contribution is -2.26. The molecule has 0 spiro atoms. The van der Waals surface area contributed by atoms with Gasteiger partial charge in [-0.1, -0.05) is 0 Å². The zero-order valence-corrected chi connectivity index (χ0v) is 22.3. The molecule has 0 bridgehead atoms. The van der Waals surface area contributed by atoms with E-state index in [4.69, 9.17) is 22.7 Å². The summed E-state index contributed by atoms with van der Waals surface area (Å²) in [5.74, 6) is 3.37. The molecule has 1 aliphatic rings. The highest BCUT2D eigenvalue weighted by molar-refractivity contribution is 8.81. The van der Waals surface area contributed by atoms with Gasteiger partial charge in [0.2, 0.25) is 5.52 Å². The van der Waals surface area contributed by atoms with Crippen LogP contribution in [0.1, 0.15) is 23.1 Å². The van der Waals surface area contributed by atoms with Crippen LogP contribution in [-0.4, -0.2) is 48.7 Å². The molecule has 1 unspecified atom stereocenters. The molecule has 1 saturated heterocycles. The van der Waals surface area contributed by atoms with E-state index < -0.39 is 5.52 Å². The Bertz CT molecular complexity index is 768. The van der Waals surface area contributed by atoms with Gasteiger partial charge in [0.25, 0.3) is 0 Å². The smallest absolute Gasteiger partial charge is 0.237 e. The lowest BCUT2D eigenvalue weighted by atomic mass is 10.3. The topological polar surface area (TPSA) is 61.2 Å². The van der Waals surface area contributed by atoms with Gasteiger partial charge in [-0.25, -0.2) is 0 Å². The Labute approximate surface area is 208 Å². The van der Waals surface area contributed by atoms with Crippen molar-refractivity contribution in [2.24, 2.45) is 0 Å². The van der Waals surface area contributed by atoms with Gasteiger partial charge >= 0.3 is 0 Å². The fraction of sp³-hybridized carbons (Fsp3) is 0.500. The summed E-state index contributed by atoms with van der Waals surface area (Å²) in [4.78, 5) is 0. The summed E-state index contributed by atoms with van der Waals surface area (Å²) in [5, 5.41) is 0. The van der Waals surface area contributed by atoms with E-state index in [9.17, 15) is 0 Å². The maximum absolute atomic E-state index is 5.88. The van der Waals surface area contributed by atoms with Crippen molar-refractivity contribution in [3.8, 4) is 0 Å². The Hall–Kier alpha value is -0.973. The third kappa shape index (κ3) is 9.30. The zero-order chi connectivity index (χ0) is 22.6. The Morgan fingerprint density at radius 2 is 1.27 bits per heavy atom. The summed E-state index contributed by atoms with van der Waals surface area (Å²) in [6.45, 7) is 2.42. The van der Waals surface area contributed by atoms with Crippen LogP contribution >= 0.6 is 33.6 Å². The normalized spacial score (nSPS) is 15.8. The molecule has 1 fully saturated rings. The summed E-state index contributed by atoms with van der Waals surface area (Å²) in [6.07, 6.45) is 15.5. The standard InChI is InChI=1S/C24H32O5S3Si/c1(8-25-19-24-20-29-24)15-33(30-12-5-21-2-9-26-16-21,31-13-6-22-3-10-27-17-22)32-14-7-23-4-11-28-18-23/h2-4,9-11,16-18,24H,1,5-8,12-15,19-20H2. The van der Waals surface area contributed by atoms with Gasteiger partial charge in [0, 0.05) is 6.61 Å². The van der Waals surface area contributed by atoms with Crippen LogP contribution in [0.3, 0.4) is 0 Å². The molecular weight excluding hydrogens is 493 g/mol. The van der Waals surface area contributed by atoms with E-state index in [1.165, 1.54) is 22.7 Å². The van der Waals surface area contributed by atoms with E-state index in [2.05, 4.69) is 51.8 Å². The van der Waals surface area contributed by atoms with Crippen molar-refractivity contribution < 1.29 is 22.7 Å². The zero-order valence-electron chi connectivity index (χ0n) is 18.8. The van der Waals surface area contributed by atoms with Crippen molar-refractivity contribution in [3.63, 3.8) is 0 Å². The average Bonchev–Trinajstić information content (AvgIpc) is 3.26. The molecule has 1 atom stereocenters. The molecular formula is C24H32O5S3Si. The summed E-state index contributed by atoms with van der Waals surface area (Å²) in [7, 11) is 0. The maximum Gasteiger partial charge on any atom is 0.237 e. The van der Waals surface area contributed by atoms with Gasteiger partial charge in [-0.15, -0.1) is 0 Å². The van der Waals surface area contributed by atoms with Crippen LogP contribution in [0.5, 0.6) is 0 Å². The third-order valence-corrected chi connectivity index (χ3v) is 22.9. The third-order valence-electron chi connectivity index (χ3n) is 5.36. The van der Waals surface area contributed by atoms with E-state index in [0.717, 1.165) is 62.8 Å². The fourth-order valence-corrected chi connectivity index (χ4v) is 20.4. The van der Waals surface area contributed by atoms with E-state index in [1.807, 2.05) is 18.8 Å². The minimum Gasteiger partial charge on any atom is -0.472 e. The molecule has 5 nitrogen and oxygen atoms in total. The molecule has 3 aromatic heterocycles. The van der Waals surface area contributed by atoms with Gasteiger partial charge in [0.05, 0.1) is 50.8 Å². The second-order valence-electron chi connectivity index (χ2n) is 8.01. The molecule has 33 heavy (non-hydrogen) atoms. The number of hydrogen-bond donors (Lipinski definition) is 0. The van der Waals surface area contributed by atoms with Crippen molar-refractivity contribution in [1.82, 2.24) is 0 Å². The van der Waals surface area contributed by atoms with Crippen molar-refractivity contribution in [2.45, 2.75) is 37.8 Å². The van der Waals surface area contributed by atoms with E-state index >= 15 is 0 Å². The van der Waals surface area contributed by atoms with Crippen LogP contribution in [0, 0.1) is 0 Å². The summed E-state index contributed by atoms with van der Waals surface area (Å²) < 4.78 is 27.0. The molecule has 0 aliphatic carbocycles. The van der Waals surface area contributed by atoms with E-state index in [-0.39, 0.29) is 0 Å². The molecule has 0 amide bonds. The molecule has 1 aliphatic heterocycles. The minimum absolute atomic E-state index is 0.338. The maximum atomic E-state index is 5.88. The average molecular weight is 525 g/mol. The van der Waals surface area contributed by atoms with Crippen LogP contribution < -0.4 is 0 Å². The van der Waals surface area contributed by atoms with Crippen molar-refractivity contribution >= 4 is 39.2 Å². The van der Waals surface area contributed by atoms with Gasteiger partial charge in [-0.2, -0.15) is 33.6 Å². The number of rotatable bonds is 18. The van der Waals surface area contributed by atoms with Gasteiger partial charge in [0.1, 0.15) is 6.10 Å².